The number of carbonyl (C=O) groups is 1. The quantitative estimate of drug-likeness (QED) is 0.834. The predicted molar refractivity (Wildman–Crippen MR) is 90.5 cm³/mol. The van der Waals surface area contributed by atoms with Gasteiger partial charge in [-0.25, -0.2) is 0 Å². The third-order valence-corrected chi connectivity index (χ3v) is 3.46. The van der Waals surface area contributed by atoms with Crippen molar-refractivity contribution in [1.82, 2.24) is 0 Å². The van der Waals surface area contributed by atoms with Gasteiger partial charge in [0.2, 0.25) is 0 Å². The average molecular weight is 364 g/mol. The Morgan fingerprint density at radius 1 is 1.14 bits per heavy atom. The summed E-state index contributed by atoms with van der Waals surface area (Å²) in [7, 11) is 0. The third kappa shape index (κ3) is 4.49. The van der Waals surface area contributed by atoms with Gasteiger partial charge in [-0.05, 0) is 50.2 Å². The van der Waals surface area contributed by atoms with Crippen LogP contribution in [-0.4, -0.2) is 18.6 Å². The van der Waals surface area contributed by atoms with Gasteiger partial charge < -0.3 is 14.8 Å². The Kier molecular flexibility index (Phi) is 5.83. The number of benzene rings is 2. The molecule has 0 aliphatic carbocycles. The van der Waals surface area contributed by atoms with Crippen LogP contribution < -0.4 is 14.8 Å². The first kappa shape index (κ1) is 16.4. The molecule has 1 atom stereocenters. The van der Waals surface area contributed by atoms with Crippen molar-refractivity contribution in [2.75, 3.05) is 11.9 Å². The fourth-order valence-electron chi connectivity index (χ4n) is 1.84. The molecular weight excluding hydrogens is 346 g/mol. The number of ether oxygens (including phenoxy) is 2. The van der Waals surface area contributed by atoms with Crippen molar-refractivity contribution in [3.63, 3.8) is 0 Å². The van der Waals surface area contributed by atoms with Crippen LogP contribution in [0.25, 0.3) is 0 Å². The molecule has 0 heterocycles. The summed E-state index contributed by atoms with van der Waals surface area (Å²) in [6.45, 7) is 4.15. The van der Waals surface area contributed by atoms with Crippen molar-refractivity contribution in [2.45, 2.75) is 20.0 Å². The minimum absolute atomic E-state index is 0.214. The molecule has 2 rings (SSSR count). The van der Waals surface area contributed by atoms with E-state index >= 15 is 0 Å². The summed E-state index contributed by atoms with van der Waals surface area (Å²) in [5.74, 6) is 0.977. The largest absolute Gasteiger partial charge is 0.490 e. The maximum absolute atomic E-state index is 12.2. The van der Waals surface area contributed by atoms with Gasteiger partial charge in [0.25, 0.3) is 5.91 Å². The van der Waals surface area contributed by atoms with Crippen LogP contribution in [0, 0.1) is 0 Å². The molecule has 0 aliphatic heterocycles. The van der Waals surface area contributed by atoms with E-state index in [2.05, 4.69) is 21.2 Å². The first-order valence-corrected chi connectivity index (χ1v) is 7.84. The molecule has 116 valence electrons. The number of hydrogen-bond acceptors (Lipinski definition) is 3. The lowest BCUT2D eigenvalue weighted by atomic mass is 10.3. The smallest absolute Gasteiger partial charge is 0.265 e. The van der Waals surface area contributed by atoms with Crippen molar-refractivity contribution in [3.8, 4) is 11.5 Å². The Morgan fingerprint density at radius 2 is 1.77 bits per heavy atom. The zero-order valence-corrected chi connectivity index (χ0v) is 14.1. The minimum Gasteiger partial charge on any atom is -0.490 e. The van der Waals surface area contributed by atoms with E-state index in [1.165, 1.54) is 0 Å². The first-order valence-electron chi connectivity index (χ1n) is 7.05. The van der Waals surface area contributed by atoms with Crippen molar-refractivity contribution in [2.24, 2.45) is 0 Å². The predicted octanol–water partition coefficient (Wildman–Crippen LogP) is 4.25. The lowest BCUT2D eigenvalue weighted by Crippen LogP contribution is -2.30. The number of para-hydroxylation sites is 2. The van der Waals surface area contributed by atoms with E-state index in [1.54, 1.807) is 13.0 Å². The number of amides is 1. The standard InChI is InChI=1S/C17H18BrNO3/c1-3-21-15-6-4-5-7-16(15)22-12(2)17(20)19-14-10-8-13(18)9-11-14/h4-12H,3H2,1-2H3,(H,19,20). The summed E-state index contributed by atoms with van der Waals surface area (Å²) < 4.78 is 12.2. The van der Waals surface area contributed by atoms with Crippen LogP contribution in [0.2, 0.25) is 0 Å². The van der Waals surface area contributed by atoms with Crippen LogP contribution >= 0.6 is 15.9 Å². The third-order valence-electron chi connectivity index (χ3n) is 2.93. The first-order chi connectivity index (χ1) is 10.6. The molecule has 0 aliphatic rings. The highest BCUT2D eigenvalue weighted by Gasteiger charge is 2.16. The van der Waals surface area contributed by atoms with E-state index in [9.17, 15) is 4.79 Å². The second-order valence-electron chi connectivity index (χ2n) is 4.64. The molecule has 5 heteroatoms. The Bertz CT molecular complexity index is 628. The topological polar surface area (TPSA) is 47.6 Å². The Labute approximate surface area is 138 Å². The van der Waals surface area contributed by atoms with Gasteiger partial charge in [-0.3, -0.25) is 4.79 Å². The molecule has 4 nitrogen and oxygen atoms in total. The van der Waals surface area contributed by atoms with Gasteiger partial charge in [0.15, 0.2) is 17.6 Å². The second kappa shape index (κ2) is 7.84. The Hall–Kier alpha value is -2.01. The van der Waals surface area contributed by atoms with Crippen LogP contribution in [0.3, 0.4) is 0 Å². The summed E-state index contributed by atoms with van der Waals surface area (Å²) in [5, 5.41) is 2.82. The van der Waals surface area contributed by atoms with E-state index in [-0.39, 0.29) is 5.91 Å². The molecule has 1 N–H and O–H groups in total. The maximum atomic E-state index is 12.2. The molecule has 0 saturated carbocycles. The van der Waals surface area contributed by atoms with Crippen LogP contribution in [0.4, 0.5) is 5.69 Å². The average Bonchev–Trinajstić information content (AvgIpc) is 2.51. The summed E-state index contributed by atoms with van der Waals surface area (Å²) >= 11 is 3.36. The number of halogens is 1. The molecule has 0 saturated heterocycles. The Morgan fingerprint density at radius 3 is 2.41 bits per heavy atom. The molecule has 0 fully saturated rings. The Balaban J connectivity index is 2.00. The number of carbonyl (C=O) groups excluding carboxylic acids is 1. The van der Waals surface area contributed by atoms with Crippen molar-refractivity contribution < 1.29 is 14.3 Å². The lowest BCUT2D eigenvalue weighted by molar-refractivity contribution is -0.122. The van der Waals surface area contributed by atoms with Crippen molar-refractivity contribution >= 4 is 27.5 Å². The lowest BCUT2D eigenvalue weighted by Gasteiger charge is -2.17. The van der Waals surface area contributed by atoms with Gasteiger partial charge in [0.05, 0.1) is 6.61 Å². The fraction of sp³-hybridized carbons (Fsp3) is 0.235. The molecule has 22 heavy (non-hydrogen) atoms. The van der Waals surface area contributed by atoms with E-state index in [0.717, 1.165) is 10.2 Å². The molecule has 0 spiro atoms. The molecule has 0 bridgehead atoms. The van der Waals surface area contributed by atoms with E-state index in [1.807, 2.05) is 49.4 Å². The minimum atomic E-state index is -0.634. The van der Waals surface area contributed by atoms with Crippen LogP contribution in [0.5, 0.6) is 11.5 Å². The fourth-order valence-corrected chi connectivity index (χ4v) is 2.11. The number of nitrogens with one attached hydrogen (secondary N) is 1. The zero-order valence-electron chi connectivity index (χ0n) is 12.5. The van der Waals surface area contributed by atoms with Gasteiger partial charge in [0.1, 0.15) is 0 Å². The molecule has 0 aromatic heterocycles. The maximum Gasteiger partial charge on any atom is 0.265 e. The van der Waals surface area contributed by atoms with Gasteiger partial charge in [-0.15, -0.1) is 0 Å². The van der Waals surface area contributed by atoms with Crippen LogP contribution in [0.15, 0.2) is 53.0 Å². The van der Waals surface area contributed by atoms with E-state index in [0.29, 0.717) is 18.1 Å². The van der Waals surface area contributed by atoms with E-state index in [4.69, 9.17) is 9.47 Å². The van der Waals surface area contributed by atoms with Gasteiger partial charge in [0, 0.05) is 10.2 Å². The summed E-state index contributed by atoms with van der Waals surface area (Å²) in [5.41, 5.74) is 0.724. The van der Waals surface area contributed by atoms with Gasteiger partial charge >= 0.3 is 0 Å². The molecule has 1 amide bonds. The SMILES string of the molecule is CCOc1ccccc1OC(C)C(=O)Nc1ccc(Br)cc1. The monoisotopic (exact) mass is 363 g/mol. The summed E-state index contributed by atoms with van der Waals surface area (Å²) in [6, 6.07) is 14.7. The van der Waals surface area contributed by atoms with Gasteiger partial charge in [-0.1, -0.05) is 28.1 Å². The molecule has 2 aromatic rings. The highest BCUT2D eigenvalue weighted by Crippen LogP contribution is 2.27. The molecule has 1 unspecified atom stereocenters. The number of rotatable bonds is 6. The van der Waals surface area contributed by atoms with Crippen molar-refractivity contribution in [3.05, 3.63) is 53.0 Å². The second-order valence-corrected chi connectivity index (χ2v) is 5.55. The van der Waals surface area contributed by atoms with Gasteiger partial charge in [-0.2, -0.15) is 0 Å². The normalized spacial score (nSPS) is 11.6. The molecule has 0 radical (unpaired) electrons. The number of hydrogen-bond donors (Lipinski definition) is 1. The molecular formula is C17H18BrNO3. The van der Waals surface area contributed by atoms with Crippen molar-refractivity contribution in [1.29, 1.82) is 0 Å². The molecule has 2 aromatic carbocycles. The summed E-state index contributed by atoms with van der Waals surface area (Å²) in [6.07, 6.45) is -0.634. The summed E-state index contributed by atoms with van der Waals surface area (Å²) in [4.78, 5) is 12.2. The van der Waals surface area contributed by atoms with Crippen LogP contribution in [0.1, 0.15) is 13.8 Å². The van der Waals surface area contributed by atoms with E-state index < -0.39 is 6.10 Å². The highest BCUT2D eigenvalue weighted by molar-refractivity contribution is 9.10. The van der Waals surface area contributed by atoms with Crippen LogP contribution in [-0.2, 0) is 4.79 Å². The highest BCUT2D eigenvalue weighted by atomic mass is 79.9. The number of anilines is 1. The zero-order chi connectivity index (χ0) is 15.9.